The summed E-state index contributed by atoms with van der Waals surface area (Å²) in [6.45, 7) is 0. The van der Waals surface area contributed by atoms with Crippen LogP contribution in [0, 0.1) is 0 Å². The molecule has 0 amide bonds. The second-order valence-electron chi connectivity index (χ2n) is 7.40. The van der Waals surface area contributed by atoms with Gasteiger partial charge < -0.3 is 0 Å². The number of pyridine rings is 3. The van der Waals surface area contributed by atoms with Gasteiger partial charge >= 0.3 is 0 Å². The highest BCUT2D eigenvalue weighted by Gasteiger charge is 2.21. The maximum atomic E-state index is 5.04. The van der Waals surface area contributed by atoms with E-state index < -0.39 is 0 Å². The van der Waals surface area contributed by atoms with Crippen LogP contribution in [0.4, 0.5) is 0 Å². The van der Waals surface area contributed by atoms with Gasteiger partial charge in [-0.25, -0.2) is 4.98 Å². The molecule has 4 heteroatoms. The number of rotatable bonds is 0. The molecule has 0 fully saturated rings. The average Bonchev–Trinajstić information content (AvgIpc) is 3.30. The smallest absolute Gasteiger partial charge is 0.146 e. The van der Waals surface area contributed by atoms with Crippen LogP contribution >= 0.6 is 0 Å². The Balaban J connectivity index is 1.72. The van der Waals surface area contributed by atoms with Crippen LogP contribution in [-0.2, 0) is 6.42 Å². The number of nitrogens with zero attached hydrogens (tertiary/aromatic N) is 4. The summed E-state index contributed by atoms with van der Waals surface area (Å²) in [6.07, 6.45) is 6.53. The molecule has 1 aliphatic carbocycles. The molecule has 0 radical (unpaired) electrons. The summed E-state index contributed by atoms with van der Waals surface area (Å²) in [7, 11) is 0. The highest BCUT2D eigenvalue weighted by atomic mass is 15.0. The van der Waals surface area contributed by atoms with Gasteiger partial charge in [-0.1, -0.05) is 24.3 Å². The molecule has 6 aromatic rings. The molecule has 0 unspecified atom stereocenters. The molecular formula is C24H14N4. The maximum absolute atomic E-state index is 5.04. The molecular weight excluding hydrogens is 344 g/mol. The van der Waals surface area contributed by atoms with E-state index in [0.29, 0.717) is 0 Å². The maximum Gasteiger partial charge on any atom is 0.146 e. The second-order valence-corrected chi connectivity index (χ2v) is 7.40. The van der Waals surface area contributed by atoms with E-state index in [-0.39, 0.29) is 0 Å². The van der Waals surface area contributed by atoms with Gasteiger partial charge in [0.2, 0.25) is 0 Å². The number of hydrogen-bond donors (Lipinski definition) is 0. The van der Waals surface area contributed by atoms with Gasteiger partial charge in [-0.2, -0.15) is 0 Å². The minimum absolute atomic E-state index is 0.957. The minimum Gasteiger partial charge on any atom is -0.290 e. The molecule has 4 aromatic heterocycles. The van der Waals surface area contributed by atoms with E-state index in [1.807, 2.05) is 30.7 Å². The van der Waals surface area contributed by atoms with Crippen molar-refractivity contribution in [1.29, 1.82) is 0 Å². The van der Waals surface area contributed by atoms with Gasteiger partial charge in [-0.15, -0.1) is 0 Å². The van der Waals surface area contributed by atoms with Crippen LogP contribution in [0.15, 0.2) is 73.2 Å². The SMILES string of the molecule is c1ccc2c(c1)Cc1cc3nc4c5ccncc5c5ncccc5n4c3cc1-2. The normalized spacial score (nSPS) is 12.9. The first kappa shape index (κ1) is 14.3. The van der Waals surface area contributed by atoms with Crippen molar-refractivity contribution >= 4 is 38.5 Å². The molecule has 0 atom stereocenters. The van der Waals surface area contributed by atoms with Crippen LogP contribution in [0.3, 0.4) is 0 Å². The summed E-state index contributed by atoms with van der Waals surface area (Å²) < 4.78 is 2.25. The van der Waals surface area contributed by atoms with Crippen molar-refractivity contribution in [3.63, 3.8) is 0 Å². The standard InChI is InChI=1S/C24H14N4/c1-2-5-16-14(4-1)10-15-11-20-22(12-18(15)16)28-21-6-3-8-26-23(21)19-13-25-9-7-17(19)24(28)27-20/h1-9,11-13H,10H2. The summed E-state index contributed by atoms with van der Waals surface area (Å²) in [5.74, 6) is 0. The zero-order valence-electron chi connectivity index (χ0n) is 14.9. The summed E-state index contributed by atoms with van der Waals surface area (Å²) in [5, 5.41) is 2.12. The Morgan fingerprint density at radius 1 is 0.786 bits per heavy atom. The lowest BCUT2D eigenvalue weighted by molar-refractivity contribution is 1.27. The average molecular weight is 358 g/mol. The first-order valence-corrected chi connectivity index (χ1v) is 9.42. The van der Waals surface area contributed by atoms with E-state index in [2.05, 4.69) is 56.8 Å². The van der Waals surface area contributed by atoms with E-state index in [4.69, 9.17) is 4.98 Å². The zero-order chi connectivity index (χ0) is 18.2. The largest absolute Gasteiger partial charge is 0.290 e. The topological polar surface area (TPSA) is 43.1 Å². The third kappa shape index (κ3) is 1.68. The van der Waals surface area contributed by atoms with E-state index in [9.17, 15) is 0 Å². The molecule has 0 aliphatic heterocycles. The van der Waals surface area contributed by atoms with Crippen molar-refractivity contribution in [3.05, 3.63) is 84.3 Å². The molecule has 0 saturated carbocycles. The second kappa shape index (κ2) is 4.93. The number of aromatic nitrogens is 4. The Labute approximate surface area is 160 Å². The molecule has 1 aliphatic rings. The van der Waals surface area contributed by atoms with Crippen LogP contribution in [0.5, 0.6) is 0 Å². The number of imidazole rings is 1. The number of benzene rings is 2. The molecule has 0 spiro atoms. The van der Waals surface area contributed by atoms with Crippen molar-refractivity contribution in [2.24, 2.45) is 0 Å². The van der Waals surface area contributed by atoms with Crippen molar-refractivity contribution in [3.8, 4) is 11.1 Å². The quantitative estimate of drug-likeness (QED) is 0.352. The summed E-state index contributed by atoms with van der Waals surface area (Å²) >= 11 is 0. The molecule has 0 saturated heterocycles. The molecule has 130 valence electrons. The van der Waals surface area contributed by atoms with E-state index in [0.717, 1.165) is 44.9 Å². The lowest BCUT2D eigenvalue weighted by Gasteiger charge is -2.08. The molecule has 0 bridgehead atoms. The predicted octanol–water partition coefficient (Wildman–Crippen LogP) is 5.16. The third-order valence-electron chi connectivity index (χ3n) is 5.91. The Bertz CT molecular complexity index is 1590. The summed E-state index contributed by atoms with van der Waals surface area (Å²) in [5.41, 5.74) is 10.5. The fraction of sp³-hybridized carbons (Fsp3) is 0.0417. The first-order valence-electron chi connectivity index (χ1n) is 9.42. The van der Waals surface area contributed by atoms with Crippen LogP contribution in [0.25, 0.3) is 49.6 Å². The molecule has 0 N–H and O–H groups in total. The molecule has 28 heavy (non-hydrogen) atoms. The first-order chi connectivity index (χ1) is 13.9. The molecule has 2 aromatic carbocycles. The van der Waals surface area contributed by atoms with Gasteiger partial charge in [-0.3, -0.25) is 14.4 Å². The Hall–Kier alpha value is -3.79. The lowest BCUT2D eigenvalue weighted by atomic mass is 10.1. The predicted molar refractivity (Wildman–Crippen MR) is 112 cm³/mol. The van der Waals surface area contributed by atoms with E-state index in [1.54, 1.807) is 0 Å². The number of hydrogen-bond acceptors (Lipinski definition) is 3. The minimum atomic E-state index is 0.957. The lowest BCUT2D eigenvalue weighted by Crippen LogP contribution is -1.93. The van der Waals surface area contributed by atoms with Gasteiger partial charge in [0.25, 0.3) is 0 Å². The van der Waals surface area contributed by atoms with Crippen molar-refractivity contribution in [2.75, 3.05) is 0 Å². The van der Waals surface area contributed by atoms with Gasteiger partial charge in [-0.05, 0) is 59.0 Å². The monoisotopic (exact) mass is 358 g/mol. The van der Waals surface area contributed by atoms with Crippen molar-refractivity contribution in [1.82, 2.24) is 19.4 Å². The van der Waals surface area contributed by atoms with Gasteiger partial charge in [0, 0.05) is 29.4 Å². The van der Waals surface area contributed by atoms with E-state index >= 15 is 0 Å². The van der Waals surface area contributed by atoms with E-state index in [1.165, 1.54) is 22.3 Å². The Morgan fingerprint density at radius 3 is 2.75 bits per heavy atom. The Kier molecular flexibility index (Phi) is 2.51. The summed E-state index contributed by atoms with van der Waals surface area (Å²) in [6, 6.07) is 19.4. The molecule has 4 heterocycles. The van der Waals surface area contributed by atoms with Gasteiger partial charge in [0.15, 0.2) is 0 Å². The fourth-order valence-corrected chi connectivity index (χ4v) is 4.69. The van der Waals surface area contributed by atoms with Crippen LogP contribution in [0.2, 0.25) is 0 Å². The molecule has 7 rings (SSSR count). The van der Waals surface area contributed by atoms with Crippen molar-refractivity contribution < 1.29 is 0 Å². The van der Waals surface area contributed by atoms with Crippen LogP contribution < -0.4 is 0 Å². The molecule has 4 nitrogen and oxygen atoms in total. The Morgan fingerprint density at radius 2 is 1.75 bits per heavy atom. The van der Waals surface area contributed by atoms with Gasteiger partial charge in [0.05, 0.1) is 22.1 Å². The zero-order valence-corrected chi connectivity index (χ0v) is 14.9. The van der Waals surface area contributed by atoms with Crippen LogP contribution in [-0.4, -0.2) is 19.4 Å². The number of fused-ring (bicyclic) bond motifs is 11. The third-order valence-corrected chi connectivity index (χ3v) is 5.91. The highest BCUT2D eigenvalue weighted by Crippen LogP contribution is 2.40. The highest BCUT2D eigenvalue weighted by molar-refractivity contribution is 6.12. The van der Waals surface area contributed by atoms with Crippen molar-refractivity contribution in [2.45, 2.75) is 6.42 Å². The van der Waals surface area contributed by atoms with Gasteiger partial charge in [0.1, 0.15) is 5.65 Å². The summed E-state index contributed by atoms with van der Waals surface area (Å²) in [4.78, 5) is 14.0. The van der Waals surface area contributed by atoms with Crippen LogP contribution in [0.1, 0.15) is 11.1 Å². The fourth-order valence-electron chi connectivity index (χ4n) is 4.69.